The first kappa shape index (κ1) is 12.8. The number of nitrogens with one attached hydrogen (secondary N) is 1. The van der Waals surface area contributed by atoms with Gasteiger partial charge in [-0.15, -0.1) is 0 Å². The lowest BCUT2D eigenvalue weighted by molar-refractivity contribution is 0.282. The van der Waals surface area contributed by atoms with Crippen molar-refractivity contribution in [2.45, 2.75) is 6.61 Å². The van der Waals surface area contributed by atoms with Crippen LogP contribution in [-0.2, 0) is 6.61 Å². The Labute approximate surface area is 121 Å². The minimum Gasteiger partial charge on any atom is -0.392 e. The van der Waals surface area contributed by atoms with Crippen molar-refractivity contribution in [3.05, 3.63) is 59.1 Å². The maximum absolute atomic E-state index is 9.36. The average molecular weight is 286 g/mol. The fourth-order valence-corrected chi connectivity index (χ4v) is 2.13. The third kappa shape index (κ3) is 2.43. The summed E-state index contributed by atoms with van der Waals surface area (Å²) >= 11 is 5.86. The molecule has 0 aliphatic rings. The summed E-state index contributed by atoms with van der Waals surface area (Å²) in [4.78, 5) is 4.47. The van der Waals surface area contributed by atoms with Crippen molar-refractivity contribution >= 4 is 11.6 Å². The van der Waals surface area contributed by atoms with Gasteiger partial charge in [0.15, 0.2) is 11.6 Å². The van der Waals surface area contributed by atoms with Gasteiger partial charge in [-0.1, -0.05) is 35.9 Å². The van der Waals surface area contributed by atoms with Crippen molar-refractivity contribution in [1.82, 2.24) is 15.2 Å². The Hall–Kier alpha value is -2.17. The molecule has 2 aromatic carbocycles. The fourth-order valence-electron chi connectivity index (χ4n) is 2.00. The molecule has 0 amide bonds. The van der Waals surface area contributed by atoms with Crippen molar-refractivity contribution < 1.29 is 5.11 Å². The Morgan fingerprint density at radius 1 is 1.05 bits per heavy atom. The zero-order valence-corrected chi connectivity index (χ0v) is 11.3. The van der Waals surface area contributed by atoms with Gasteiger partial charge in [0.2, 0.25) is 0 Å². The van der Waals surface area contributed by atoms with E-state index < -0.39 is 0 Å². The molecule has 0 atom stereocenters. The van der Waals surface area contributed by atoms with Crippen molar-refractivity contribution in [3.63, 3.8) is 0 Å². The topological polar surface area (TPSA) is 61.8 Å². The Morgan fingerprint density at radius 2 is 1.80 bits per heavy atom. The van der Waals surface area contributed by atoms with Crippen LogP contribution in [0.2, 0.25) is 5.02 Å². The molecule has 3 rings (SSSR count). The molecule has 100 valence electrons. The number of nitrogens with zero attached hydrogens (tertiary/aromatic N) is 2. The minimum absolute atomic E-state index is 0.0346. The number of aliphatic hydroxyl groups excluding tert-OH is 1. The van der Waals surface area contributed by atoms with E-state index in [2.05, 4.69) is 15.2 Å². The van der Waals surface area contributed by atoms with E-state index >= 15 is 0 Å². The summed E-state index contributed by atoms with van der Waals surface area (Å²) in [5.41, 5.74) is 2.55. The van der Waals surface area contributed by atoms with Crippen LogP contribution in [-0.4, -0.2) is 20.3 Å². The SMILES string of the molecule is OCc1ccccc1-c1nc(-c2ccc(Cl)cc2)n[nH]1. The van der Waals surface area contributed by atoms with Crippen molar-refractivity contribution in [3.8, 4) is 22.8 Å². The monoisotopic (exact) mass is 285 g/mol. The largest absolute Gasteiger partial charge is 0.392 e. The van der Waals surface area contributed by atoms with Crippen LogP contribution in [0.25, 0.3) is 22.8 Å². The molecule has 20 heavy (non-hydrogen) atoms. The second kappa shape index (κ2) is 5.45. The van der Waals surface area contributed by atoms with E-state index in [-0.39, 0.29) is 6.61 Å². The molecule has 0 fully saturated rings. The Bertz CT molecular complexity index is 722. The Kier molecular flexibility index (Phi) is 3.50. The molecule has 3 aromatic rings. The molecule has 0 saturated carbocycles. The highest BCUT2D eigenvalue weighted by atomic mass is 35.5. The van der Waals surface area contributed by atoms with Crippen LogP contribution < -0.4 is 0 Å². The maximum Gasteiger partial charge on any atom is 0.181 e. The summed E-state index contributed by atoms with van der Waals surface area (Å²) in [6.45, 7) is -0.0346. The van der Waals surface area contributed by atoms with E-state index in [1.807, 2.05) is 36.4 Å². The number of benzene rings is 2. The molecule has 0 aliphatic heterocycles. The van der Waals surface area contributed by atoms with Crippen LogP contribution in [0.3, 0.4) is 0 Å². The second-order valence-corrected chi connectivity index (χ2v) is 4.77. The first-order valence-corrected chi connectivity index (χ1v) is 6.53. The number of aliphatic hydroxyl groups is 1. The molecule has 0 saturated heterocycles. The van der Waals surface area contributed by atoms with Crippen molar-refractivity contribution in [2.75, 3.05) is 0 Å². The van der Waals surface area contributed by atoms with Crippen LogP contribution in [0.15, 0.2) is 48.5 Å². The molecule has 1 heterocycles. The molecule has 4 nitrogen and oxygen atoms in total. The van der Waals surface area contributed by atoms with Crippen molar-refractivity contribution in [1.29, 1.82) is 0 Å². The van der Waals surface area contributed by atoms with Gasteiger partial charge in [-0.05, 0) is 29.8 Å². The van der Waals surface area contributed by atoms with Gasteiger partial charge >= 0.3 is 0 Å². The van der Waals surface area contributed by atoms with Crippen LogP contribution in [0.4, 0.5) is 0 Å². The number of rotatable bonds is 3. The van der Waals surface area contributed by atoms with Gasteiger partial charge in [0.05, 0.1) is 6.61 Å². The number of aromatic amines is 1. The molecule has 5 heteroatoms. The molecule has 2 N–H and O–H groups in total. The molecule has 0 bridgehead atoms. The highest BCUT2D eigenvalue weighted by molar-refractivity contribution is 6.30. The van der Waals surface area contributed by atoms with Gasteiger partial charge in [0.1, 0.15) is 0 Å². The standard InChI is InChI=1S/C15H12ClN3O/c16-12-7-5-10(6-8-12)14-17-15(19-18-14)13-4-2-1-3-11(13)9-20/h1-8,20H,9H2,(H,17,18,19). The predicted octanol–water partition coefficient (Wildman–Crippen LogP) is 3.28. The molecule has 0 radical (unpaired) electrons. The Morgan fingerprint density at radius 3 is 2.55 bits per heavy atom. The van der Waals surface area contributed by atoms with Crippen LogP contribution in [0, 0.1) is 0 Å². The van der Waals surface area contributed by atoms with E-state index in [0.29, 0.717) is 16.7 Å². The van der Waals surface area contributed by atoms with Gasteiger partial charge < -0.3 is 5.11 Å². The molecule has 0 spiro atoms. The summed E-state index contributed by atoms with van der Waals surface area (Å²) < 4.78 is 0. The van der Waals surface area contributed by atoms with Gasteiger partial charge in [-0.3, -0.25) is 5.10 Å². The van der Waals surface area contributed by atoms with Crippen molar-refractivity contribution in [2.24, 2.45) is 0 Å². The first-order chi connectivity index (χ1) is 9.78. The normalized spacial score (nSPS) is 10.7. The summed E-state index contributed by atoms with van der Waals surface area (Å²) in [5, 5.41) is 17.1. The Balaban J connectivity index is 2.00. The van der Waals surface area contributed by atoms with Crippen LogP contribution in [0.1, 0.15) is 5.56 Å². The summed E-state index contributed by atoms with van der Waals surface area (Å²) in [6, 6.07) is 14.9. The second-order valence-electron chi connectivity index (χ2n) is 4.33. The fraction of sp³-hybridized carbons (Fsp3) is 0.0667. The van der Waals surface area contributed by atoms with Gasteiger partial charge in [-0.25, -0.2) is 4.98 Å². The van der Waals surface area contributed by atoms with E-state index in [1.54, 1.807) is 12.1 Å². The number of aromatic nitrogens is 3. The quantitative estimate of drug-likeness (QED) is 0.776. The van der Waals surface area contributed by atoms with Gasteiger partial charge in [-0.2, -0.15) is 5.10 Å². The average Bonchev–Trinajstić information content (AvgIpc) is 2.97. The molecular weight excluding hydrogens is 274 g/mol. The number of hydrogen-bond acceptors (Lipinski definition) is 3. The predicted molar refractivity (Wildman–Crippen MR) is 78.2 cm³/mol. The van der Waals surface area contributed by atoms with Gasteiger partial charge in [0, 0.05) is 16.1 Å². The van der Waals surface area contributed by atoms with E-state index in [0.717, 1.165) is 16.7 Å². The maximum atomic E-state index is 9.36. The summed E-state index contributed by atoms with van der Waals surface area (Å²) in [6.07, 6.45) is 0. The summed E-state index contributed by atoms with van der Waals surface area (Å²) in [5.74, 6) is 1.24. The van der Waals surface area contributed by atoms with Crippen LogP contribution in [0.5, 0.6) is 0 Å². The minimum atomic E-state index is -0.0346. The molecule has 1 aromatic heterocycles. The highest BCUT2D eigenvalue weighted by Gasteiger charge is 2.10. The number of H-pyrrole nitrogens is 1. The third-order valence-corrected chi connectivity index (χ3v) is 3.28. The molecular formula is C15H12ClN3O. The third-order valence-electron chi connectivity index (χ3n) is 3.03. The lowest BCUT2D eigenvalue weighted by atomic mass is 10.1. The van der Waals surface area contributed by atoms with E-state index in [1.165, 1.54) is 0 Å². The summed E-state index contributed by atoms with van der Waals surface area (Å²) in [7, 11) is 0. The first-order valence-electron chi connectivity index (χ1n) is 6.15. The lowest BCUT2D eigenvalue weighted by Crippen LogP contribution is -1.90. The molecule has 0 aliphatic carbocycles. The number of halogens is 1. The zero-order valence-electron chi connectivity index (χ0n) is 10.5. The lowest BCUT2D eigenvalue weighted by Gasteiger charge is -2.02. The highest BCUT2D eigenvalue weighted by Crippen LogP contribution is 2.23. The zero-order chi connectivity index (χ0) is 13.9. The van der Waals surface area contributed by atoms with E-state index in [9.17, 15) is 5.11 Å². The molecule has 0 unspecified atom stereocenters. The smallest absolute Gasteiger partial charge is 0.181 e. The van der Waals surface area contributed by atoms with E-state index in [4.69, 9.17) is 11.6 Å². The van der Waals surface area contributed by atoms with Gasteiger partial charge in [0.25, 0.3) is 0 Å². The number of hydrogen-bond donors (Lipinski definition) is 2. The van der Waals surface area contributed by atoms with Crippen LogP contribution >= 0.6 is 11.6 Å².